The number of nitrogens with one attached hydrogen (secondary N) is 2. The van der Waals surface area contributed by atoms with Crippen LogP contribution in [0.4, 0.5) is 0 Å². The molecule has 0 fully saturated rings. The predicted molar refractivity (Wildman–Crippen MR) is 70.9 cm³/mol. The second kappa shape index (κ2) is 10.5. The van der Waals surface area contributed by atoms with Gasteiger partial charge in [-0.25, -0.2) is 0 Å². The molecule has 0 spiro atoms. The van der Waals surface area contributed by atoms with Crippen LogP contribution in [-0.4, -0.2) is 36.8 Å². The van der Waals surface area contributed by atoms with Gasteiger partial charge in [0.1, 0.15) is 0 Å². The molecular weight excluding hydrogens is 216 g/mol. The van der Waals surface area contributed by atoms with Crippen molar-refractivity contribution in [2.75, 3.05) is 19.7 Å². The highest BCUT2D eigenvalue weighted by molar-refractivity contribution is 5.78. The summed E-state index contributed by atoms with van der Waals surface area (Å²) in [5.41, 5.74) is 0. The molecule has 0 saturated heterocycles. The molecule has 4 heteroatoms. The van der Waals surface area contributed by atoms with Gasteiger partial charge in [0.05, 0.1) is 6.54 Å². The summed E-state index contributed by atoms with van der Waals surface area (Å²) in [6.45, 7) is 7.64. The fraction of sp³-hybridized carbons (Fsp3) is 0.923. The average molecular weight is 244 g/mol. The highest BCUT2D eigenvalue weighted by Crippen LogP contribution is 2.05. The Balaban J connectivity index is 3.62. The van der Waals surface area contributed by atoms with Crippen LogP contribution in [0.2, 0.25) is 0 Å². The molecule has 0 heterocycles. The molecule has 0 aliphatic carbocycles. The summed E-state index contributed by atoms with van der Waals surface area (Å²) in [5.74, 6) is 0.519. The van der Waals surface area contributed by atoms with E-state index < -0.39 is 0 Å². The molecule has 0 aliphatic rings. The van der Waals surface area contributed by atoms with Gasteiger partial charge in [-0.15, -0.1) is 0 Å². The molecule has 4 nitrogen and oxygen atoms in total. The number of aliphatic hydroxyl groups excluding tert-OH is 1. The van der Waals surface area contributed by atoms with Crippen LogP contribution in [-0.2, 0) is 4.79 Å². The summed E-state index contributed by atoms with van der Waals surface area (Å²) in [5, 5.41) is 14.9. The first kappa shape index (κ1) is 16.4. The Morgan fingerprint density at radius 1 is 1.29 bits per heavy atom. The van der Waals surface area contributed by atoms with Crippen LogP contribution in [0.25, 0.3) is 0 Å². The van der Waals surface area contributed by atoms with Gasteiger partial charge in [0.25, 0.3) is 0 Å². The quantitative estimate of drug-likeness (QED) is 0.542. The minimum Gasteiger partial charge on any atom is -0.396 e. The Morgan fingerprint density at radius 3 is 2.53 bits per heavy atom. The molecular formula is C13H28N2O2. The van der Waals surface area contributed by atoms with Gasteiger partial charge >= 0.3 is 0 Å². The molecule has 0 radical (unpaired) electrons. The van der Waals surface area contributed by atoms with E-state index in [9.17, 15) is 4.79 Å². The van der Waals surface area contributed by atoms with Crippen molar-refractivity contribution in [3.05, 3.63) is 0 Å². The van der Waals surface area contributed by atoms with E-state index in [1.165, 1.54) is 0 Å². The highest BCUT2D eigenvalue weighted by Gasteiger charge is 2.08. The first-order valence-electron chi connectivity index (χ1n) is 6.74. The third kappa shape index (κ3) is 9.12. The number of carbonyl (C=O) groups excluding carboxylic acids is 1. The van der Waals surface area contributed by atoms with Crippen molar-refractivity contribution in [3.63, 3.8) is 0 Å². The first-order chi connectivity index (χ1) is 8.13. The van der Waals surface area contributed by atoms with Crippen LogP contribution in [0.15, 0.2) is 0 Å². The monoisotopic (exact) mass is 244 g/mol. The second-order valence-electron chi connectivity index (χ2n) is 4.67. The van der Waals surface area contributed by atoms with E-state index in [2.05, 4.69) is 24.5 Å². The minimum atomic E-state index is 0.0600. The summed E-state index contributed by atoms with van der Waals surface area (Å²) < 4.78 is 0. The Labute approximate surface area is 105 Å². The summed E-state index contributed by atoms with van der Waals surface area (Å²) in [7, 11) is 0. The molecule has 2 atom stereocenters. The number of hydrogen-bond donors (Lipinski definition) is 3. The van der Waals surface area contributed by atoms with Gasteiger partial charge in [0.2, 0.25) is 5.91 Å². The number of carbonyl (C=O) groups is 1. The van der Waals surface area contributed by atoms with Crippen molar-refractivity contribution in [2.45, 2.75) is 52.5 Å². The van der Waals surface area contributed by atoms with E-state index in [-0.39, 0.29) is 18.6 Å². The van der Waals surface area contributed by atoms with Gasteiger partial charge in [-0.05, 0) is 32.2 Å². The highest BCUT2D eigenvalue weighted by atomic mass is 16.3. The summed E-state index contributed by atoms with van der Waals surface area (Å²) in [6.07, 6.45) is 3.94. The minimum absolute atomic E-state index is 0.0600. The Hall–Kier alpha value is -0.610. The van der Waals surface area contributed by atoms with Gasteiger partial charge in [0.15, 0.2) is 0 Å². The average Bonchev–Trinajstić information content (AvgIpc) is 2.28. The molecule has 0 saturated carbocycles. The molecule has 0 rings (SSSR count). The number of rotatable bonds is 10. The van der Waals surface area contributed by atoms with E-state index in [0.717, 1.165) is 32.2 Å². The maximum atomic E-state index is 11.5. The van der Waals surface area contributed by atoms with Crippen LogP contribution in [0, 0.1) is 5.92 Å². The summed E-state index contributed by atoms with van der Waals surface area (Å²) >= 11 is 0. The van der Waals surface area contributed by atoms with Crippen LogP contribution >= 0.6 is 0 Å². The Morgan fingerprint density at radius 2 is 2.00 bits per heavy atom. The number of aliphatic hydroxyl groups is 1. The van der Waals surface area contributed by atoms with Crippen molar-refractivity contribution < 1.29 is 9.90 Å². The van der Waals surface area contributed by atoms with Crippen LogP contribution in [0.5, 0.6) is 0 Å². The zero-order valence-electron chi connectivity index (χ0n) is 11.5. The Kier molecular flexibility index (Phi) is 10.2. The van der Waals surface area contributed by atoms with Crippen molar-refractivity contribution in [2.24, 2.45) is 5.92 Å². The lowest BCUT2D eigenvalue weighted by Gasteiger charge is -2.16. The molecule has 0 aromatic rings. The molecule has 0 aromatic heterocycles. The molecule has 3 N–H and O–H groups in total. The van der Waals surface area contributed by atoms with Crippen LogP contribution in [0.3, 0.4) is 0 Å². The zero-order valence-corrected chi connectivity index (χ0v) is 11.5. The van der Waals surface area contributed by atoms with Crippen molar-refractivity contribution in [3.8, 4) is 0 Å². The number of hydrogen-bond acceptors (Lipinski definition) is 3. The van der Waals surface area contributed by atoms with Gasteiger partial charge in [0, 0.05) is 12.6 Å². The maximum Gasteiger partial charge on any atom is 0.234 e. The van der Waals surface area contributed by atoms with Gasteiger partial charge < -0.3 is 15.7 Å². The smallest absolute Gasteiger partial charge is 0.234 e. The summed E-state index contributed by atoms with van der Waals surface area (Å²) in [6, 6.07) is 0.258. The van der Waals surface area contributed by atoms with Crippen LogP contribution in [0.1, 0.15) is 46.5 Å². The van der Waals surface area contributed by atoms with Crippen molar-refractivity contribution in [1.29, 1.82) is 0 Å². The lowest BCUT2D eigenvalue weighted by Crippen LogP contribution is -2.40. The Bertz CT molecular complexity index is 198. The molecule has 102 valence electrons. The van der Waals surface area contributed by atoms with Crippen molar-refractivity contribution in [1.82, 2.24) is 10.6 Å². The topological polar surface area (TPSA) is 61.4 Å². The molecule has 2 unspecified atom stereocenters. The van der Waals surface area contributed by atoms with E-state index in [4.69, 9.17) is 5.11 Å². The maximum absolute atomic E-state index is 11.5. The zero-order chi connectivity index (χ0) is 13.1. The normalized spacial score (nSPS) is 14.4. The first-order valence-corrected chi connectivity index (χ1v) is 6.74. The lowest BCUT2D eigenvalue weighted by atomic mass is 10.0. The van der Waals surface area contributed by atoms with Gasteiger partial charge in [-0.2, -0.15) is 0 Å². The largest absolute Gasteiger partial charge is 0.396 e. The fourth-order valence-corrected chi connectivity index (χ4v) is 1.85. The number of amides is 1. The molecule has 1 amide bonds. The summed E-state index contributed by atoms with van der Waals surface area (Å²) in [4.78, 5) is 11.5. The van der Waals surface area contributed by atoms with Gasteiger partial charge in [-0.3, -0.25) is 4.79 Å². The van der Waals surface area contributed by atoms with E-state index in [0.29, 0.717) is 12.5 Å². The van der Waals surface area contributed by atoms with E-state index in [1.807, 2.05) is 6.92 Å². The molecule has 0 bridgehead atoms. The SMILES string of the molecule is CCCC(C)NC(=O)CNCC(CC)CCO. The second-order valence-corrected chi connectivity index (χ2v) is 4.67. The molecule has 0 aromatic carbocycles. The predicted octanol–water partition coefficient (Wildman–Crippen LogP) is 1.29. The standard InChI is InChI=1S/C13H28N2O2/c1-4-6-11(3)15-13(17)10-14-9-12(5-2)7-8-16/h11-12,14,16H,4-10H2,1-3H3,(H,15,17). The third-order valence-electron chi connectivity index (χ3n) is 2.96. The van der Waals surface area contributed by atoms with Crippen molar-refractivity contribution >= 4 is 5.91 Å². The van der Waals surface area contributed by atoms with E-state index in [1.54, 1.807) is 0 Å². The fourth-order valence-electron chi connectivity index (χ4n) is 1.85. The van der Waals surface area contributed by atoms with E-state index >= 15 is 0 Å². The lowest BCUT2D eigenvalue weighted by molar-refractivity contribution is -0.120. The third-order valence-corrected chi connectivity index (χ3v) is 2.96. The molecule has 0 aliphatic heterocycles. The van der Waals surface area contributed by atoms with Crippen LogP contribution < -0.4 is 10.6 Å². The van der Waals surface area contributed by atoms with Gasteiger partial charge in [-0.1, -0.05) is 26.7 Å². The molecule has 17 heavy (non-hydrogen) atoms.